The van der Waals surface area contributed by atoms with E-state index >= 15 is 0 Å². The molecule has 0 radical (unpaired) electrons. The summed E-state index contributed by atoms with van der Waals surface area (Å²) in [5, 5.41) is 10.6. The normalized spacial score (nSPS) is 11.3. The van der Waals surface area contributed by atoms with E-state index in [1.54, 1.807) is 19.1 Å². The standard InChI is InChI=1S/C28H30O4/c1-18-13-22(9-10-23(18)16-29)21-8-6-7-20(14-21)17-32-26-12-11-24(27(31)19(26)2)25(30)15-28(3,4)5/h6-14,16,31H,15,17H2,1-5H3. The summed E-state index contributed by atoms with van der Waals surface area (Å²) < 4.78 is 5.97. The van der Waals surface area contributed by atoms with E-state index in [0.29, 0.717) is 35.5 Å². The van der Waals surface area contributed by atoms with Crippen LogP contribution in [0.1, 0.15) is 64.6 Å². The summed E-state index contributed by atoms with van der Waals surface area (Å²) in [6, 6.07) is 17.2. The van der Waals surface area contributed by atoms with Crippen LogP contribution in [-0.2, 0) is 6.61 Å². The maximum Gasteiger partial charge on any atom is 0.167 e. The first-order valence-electron chi connectivity index (χ1n) is 10.7. The maximum atomic E-state index is 12.5. The van der Waals surface area contributed by atoms with Gasteiger partial charge in [-0.1, -0.05) is 57.2 Å². The molecule has 0 atom stereocenters. The van der Waals surface area contributed by atoms with Gasteiger partial charge in [0, 0.05) is 17.5 Å². The molecule has 1 N–H and O–H groups in total. The second-order valence-electron chi connectivity index (χ2n) is 9.42. The zero-order chi connectivity index (χ0) is 23.5. The molecular weight excluding hydrogens is 400 g/mol. The zero-order valence-corrected chi connectivity index (χ0v) is 19.4. The van der Waals surface area contributed by atoms with Crippen molar-refractivity contribution in [2.75, 3.05) is 0 Å². The van der Waals surface area contributed by atoms with Crippen LogP contribution in [-0.4, -0.2) is 17.2 Å². The van der Waals surface area contributed by atoms with Crippen molar-refractivity contribution in [2.45, 2.75) is 47.6 Å². The lowest BCUT2D eigenvalue weighted by molar-refractivity contribution is 0.0936. The van der Waals surface area contributed by atoms with Gasteiger partial charge in [-0.2, -0.15) is 0 Å². The van der Waals surface area contributed by atoms with Crippen molar-refractivity contribution in [1.29, 1.82) is 0 Å². The number of ketones is 1. The maximum absolute atomic E-state index is 12.5. The average molecular weight is 431 g/mol. The first-order valence-corrected chi connectivity index (χ1v) is 10.7. The number of hydrogen-bond acceptors (Lipinski definition) is 4. The van der Waals surface area contributed by atoms with Crippen molar-refractivity contribution in [3.8, 4) is 22.6 Å². The molecule has 4 heteroatoms. The minimum atomic E-state index is -0.149. The molecule has 0 aromatic heterocycles. The molecule has 3 aromatic carbocycles. The fraction of sp³-hybridized carbons (Fsp3) is 0.286. The number of aldehydes is 1. The fourth-order valence-corrected chi connectivity index (χ4v) is 3.63. The summed E-state index contributed by atoms with van der Waals surface area (Å²) in [4.78, 5) is 23.6. The minimum Gasteiger partial charge on any atom is -0.507 e. The van der Waals surface area contributed by atoms with Gasteiger partial charge in [-0.05, 0) is 59.7 Å². The van der Waals surface area contributed by atoms with Gasteiger partial charge in [-0.15, -0.1) is 0 Å². The highest BCUT2D eigenvalue weighted by Crippen LogP contribution is 2.34. The van der Waals surface area contributed by atoms with Gasteiger partial charge in [0.25, 0.3) is 0 Å². The number of carbonyl (C=O) groups is 2. The van der Waals surface area contributed by atoms with Gasteiger partial charge < -0.3 is 9.84 Å². The lowest BCUT2D eigenvalue weighted by Crippen LogP contribution is -2.13. The first-order chi connectivity index (χ1) is 15.1. The second kappa shape index (κ2) is 9.39. The molecule has 3 rings (SSSR count). The van der Waals surface area contributed by atoms with Crippen LogP contribution in [0.2, 0.25) is 0 Å². The predicted octanol–water partition coefficient (Wildman–Crippen LogP) is 6.69. The number of phenols is 1. The number of aromatic hydroxyl groups is 1. The van der Waals surface area contributed by atoms with Crippen molar-refractivity contribution in [3.63, 3.8) is 0 Å². The number of aryl methyl sites for hydroxylation is 1. The van der Waals surface area contributed by atoms with Crippen molar-refractivity contribution in [3.05, 3.63) is 82.4 Å². The van der Waals surface area contributed by atoms with Gasteiger partial charge in [-0.3, -0.25) is 9.59 Å². The highest BCUT2D eigenvalue weighted by Gasteiger charge is 2.21. The fourth-order valence-electron chi connectivity index (χ4n) is 3.63. The van der Waals surface area contributed by atoms with E-state index in [4.69, 9.17) is 4.74 Å². The van der Waals surface area contributed by atoms with Crippen molar-refractivity contribution >= 4 is 12.1 Å². The smallest absolute Gasteiger partial charge is 0.167 e. The van der Waals surface area contributed by atoms with Crippen LogP contribution < -0.4 is 4.74 Å². The van der Waals surface area contributed by atoms with Crippen LogP contribution in [0.25, 0.3) is 11.1 Å². The number of rotatable bonds is 7. The highest BCUT2D eigenvalue weighted by molar-refractivity contribution is 5.99. The molecular formula is C28H30O4. The molecule has 0 aliphatic carbocycles. The summed E-state index contributed by atoms with van der Waals surface area (Å²) in [5.41, 5.74) is 5.41. The topological polar surface area (TPSA) is 63.6 Å². The van der Waals surface area contributed by atoms with Crippen LogP contribution in [0.15, 0.2) is 54.6 Å². The average Bonchev–Trinajstić information content (AvgIpc) is 2.73. The van der Waals surface area contributed by atoms with Gasteiger partial charge in [0.2, 0.25) is 0 Å². The third-order valence-electron chi connectivity index (χ3n) is 5.42. The minimum absolute atomic E-state index is 0.0174. The number of benzene rings is 3. The summed E-state index contributed by atoms with van der Waals surface area (Å²) in [6.07, 6.45) is 1.23. The lowest BCUT2D eigenvalue weighted by atomic mass is 9.87. The Morgan fingerprint density at radius 2 is 1.72 bits per heavy atom. The highest BCUT2D eigenvalue weighted by atomic mass is 16.5. The molecule has 0 aliphatic rings. The van der Waals surface area contributed by atoms with E-state index in [-0.39, 0.29) is 16.9 Å². The molecule has 0 bridgehead atoms. The number of phenolic OH excluding ortho intramolecular Hbond substituents is 1. The summed E-state index contributed by atoms with van der Waals surface area (Å²) in [6.45, 7) is 10.0. The first kappa shape index (κ1) is 23.3. The van der Waals surface area contributed by atoms with Crippen LogP contribution in [0.4, 0.5) is 0 Å². The Morgan fingerprint density at radius 3 is 2.38 bits per heavy atom. The van der Waals surface area contributed by atoms with Gasteiger partial charge >= 0.3 is 0 Å². The van der Waals surface area contributed by atoms with Crippen LogP contribution in [0, 0.1) is 19.3 Å². The summed E-state index contributed by atoms with van der Waals surface area (Å²) >= 11 is 0. The number of carbonyl (C=O) groups excluding carboxylic acids is 2. The third kappa shape index (κ3) is 5.44. The molecule has 0 spiro atoms. The Kier molecular flexibility index (Phi) is 6.83. The summed E-state index contributed by atoms with van der Waals surface area (Å²) in [7, 11) is 0. The molecule has 0 aliphatic heterocycles. The third-order valence-corrected chi connectivity index (χ3v) is 5.42. The number of Topliss-reactive ketones (excluding diaryl/α,β-unsaturated/α-hetero) is 1. The van der Waals surface area contributed by atoms with Gasteiger partial charge in [0.1, 0.15) is 24.4 Å². The molecule has 0 unspecified atom stereocenters. The van der Waals surface area contributed by atoms with Crippen LogP contribution >= 0.6 is 0 Å². The predicted molar refractivity (Wildman–Crippen MR) is 128 cm³/mol. The van der Waals surface area contributed by atoms with E-state index in [1.807, 2.05) is 70.2 Å². The Morgan fingerprint density at radius 1 is 1.00 bits per heavy atom. The molecule has 0 saturated carbocycles. The molecule has 0 saturated heterocycles. The van der Waals surface area contributed by atoms with Crippen LogP contribution in [0.3, 0.4) is 0 Å². The van der Waals surface area contributed by atoms with E-state index in [2.05, 4.69) is 0 Å². The molecule has 3 aromatic rings. The van der Waals surface area contributed by atoms with Gasteiger partial charge in [-0.25, -0.2) is 0 Å². The molecule has 0 fully saturated rings. The Balaban J connectivity index is 1.77. The molecule has 0 amide bonds. The Bertz CT molecular complexity index is 1150. The monoisotopic (exact) mass is 430 g/mol. The molecule has 32 heavy (non-hydrogen) atoms. The van der Waals surface area contributed by atoms with Gasteiger partial charge in [0.05, 0.1) is 5.56 Å². The van der Waals surface area contributed by atoms with Gasteiger partial charge in [0.15, 0.2) is 5.78 Å². The molecule has 166 valence electrons. The van der Waals surface area contributed by atoms with E-state index < -0.39 is 0 Å². The Labute approximate surface area is 189 Å². The van der Waals surface area contributed by atoms with E-state index in [9.17, 15) is 14.7 Å². The van der Waals surface area contributed by atoms with Crippen LogP contribution in [0.5, 0.6) is 11.5 Å². The van der Waals surface area contributed by atoms with Crippen molar-refractivity contribution < 1.29 is 19.4 Å². The second-order valence-corrected chi connectivity index (χ2v) is 9.42. The SMILES string of the molecule is Cc1cc(-c2cccc(COc3ccc(C(=O)CC(C)(C)C)c(O)c3C)c2)ccc1C=O. The Hall–Kier alpha value is -3.40. The van der Waals surface area contributed by atoms with E-state index in [1.165, 1.54) is 0 Å². The molecule has 4 nitrogen and oxygen atoms in total. The number of ether oxygens (including phenoxy) is 1. The molecule has 0 heterocycles. The van der Waals surface area contributed by atoms with Crippen molar-refractivity contribution in [2.24, 2.45) is 5.41 Å². The quantitative estimate of drug-likeness (QED) is 0.335. The largest absolute Gasteiger partial charge is 0.507 e. The van der Waals surface area contributed by atoms with E-state index in [0.717, 1.165) is 28.5 Å². The lowest BCUT2D eigenvalue weighted by Gasteiger charge is -2.18. The number of hydrogen-bond donors (Lipinski definition) is 1. The zero-order valence-electron chi connectivity index (χ0n) is 19.4. The van der Waals surface area contributed by atoms with Crippen molar-refractivity contribution in [1.82, 2.24) is 0 Å². The summed E-state index contributed by atoms with van der Waals surface area (Å²) in [5.74, 6) is 0.455.